The molecule has 0 spiro atoms. The summed E-state index contributed by atoms with van der Waals surface area (Å²) in [6.45, 7) is 4.91. The van der Waals surface area contributed by atoms with E-state index in [2.05, 4.69) is 5.32 Å². The molecule has 0 aliphatic rings. The fourth-order valence-electron chi connectivity index (χ4n) is 2.26. The first kappa shape index (κ1) is 17.7. The lowest BCUT2D eigenvalue weighted by molar-refractivity contribution is -0.115. The second kappa shape index (κ2) is 8.82. The van der Waals surface area contributed by atoms with Crippen molar-refractivity contribution in [1.82, 2.24) is 0 Å². The van der Waals surface area contributed by atoms with Crippen molar-refractivity contribution in [2.24, 2.45) is 0 Å². The topological polar surface area (TPSA) is 56.8 Å². The Labute approximate surface area is 142 Å². The normalized spacial score (nSPS) is 10.1. The number of amides is 1. The molecule has 0 fully saturated rings. The summed E-state index contributed by atoms with van der Waals surface area (Å²) in [4.78, 5) is 12.2. The maximum Gasteiger partial charge on any atom is 0.228 e. The number of carbonyl (C=O) groups excluding carboxylic acids is 1. The number of benzene rings is 2. The van der Waals surface area contributed by atoms with E-state index in [1.807, 2.05) is 38.1 Å². The van der Waals surface area contributed by atoms with Gasteiger partial charge in [-0.2, -0.15) is 0 Å². The van der Waals surface area contributed by atoms with E-state index in [0.717, 1.165) is 11.3 Å². The van der Waals surface area contributed by atoms with Crippen LogP contribution < -0.4 is 19.5 Å². The molecule has 0 unspecified atom stereocenters. The average Bonchev–Trinajstić information content (AvgIpc) is 2.58. The lowest BCUT2D eigenvalue weighted by Crippen LogP contribution is -2.14. The maximum atomic E-state index is 12.2. The molecule has 0 heterocycles. The van der Waals surface area contributed by atoms with Crippen molar-refractivity contribution < 1.29 is 19.0 Å². The van der Waals surface area contributed by atoms with Crippen LogP contribution in [0, 0.1) is 0 Å². The van der Waals surface area contributed by atoms with Crippen LogP contribution in [0.5, 0.6) is 17.2 Å². The summed E-state index contributed by atoms with van der Waals surface area (Å²) < 4.78 is 16.2. The van der Waals surface area contributed by atoms with Crippen molar-refractivity contribution in [2.75, 3.05) is 25.6 Å². The molecule has 0 bridgehead atoms. The Hall–Kier alpha value is -2.69. The molecule has 0 atom stereocenters. The lowest BCUT2D eigenvalue weighted by atomic mass is 10.1. The Morgan fingerprint density at radius 3 is 2.25 bits per heavy atom. The van der Waals surface area contributed by atoms with E-state index in [4.69, 9.17) is 14.2 Å². The van der Waals surface area contributed by atoms with Gasteiger partial charge in [0.2, 0.25) is 5.91 Å². The van der Waals surface area contributed by atoms with Gasteiger partial charge < -0.3 is 19.5 Å². The quantitative estimate of drug-likeness (QED) is 0.803. The standard InChI is InChI=1S/C19H23NO4/c1-4-23-17-11-8-15(13-18(17)24-5-2)20-19(21)12-14-6-9-16(22-3)10-7-14/h6-11,13H,4-5,12H2,1-3H3,(H,20,21). The van der Waals surface area contributed by atoms with Crippen LogP contribution in [-0.4, -0.2) is 26.2 Å². The maximum absolute atomic E-state index is 12.2. The van der Waals surface area contributed by atoms with E-state index >= 15 is 0 Å². The van der Waals surface area contributed by atoms with Crippen molar-refractivity contribution in [1.29, 1.82) is 0 Å². The molecular weight excluding hydrogens is 306 g/mol. The highest BCUT2D eigenvalue weighted by Gasteiger charge is 2.09. The molecule has 1 N–H and O–H groups in total. The molecular formula is C19H23NO4. The fraction of sp³-hybridized carbons (Fsp3) is 0.316. The first-order valence-electron chi connectivity index (χ1n) is 7.98. The largest absolute Gasteiger partial charge is 0.497 e. The van der Waals surface area contributed by atoms with Gasteiger partial charge in [-0.15, -0.1) is 0 Å². The molecule has 128 valence electrons. The average molecular weight is 329 g/mol. The molecule has 0 aliphatic carbocycles. The Morgan fingerprint density at radius 1 is 0.958 bits per heavy atom. The molecule has 0 radical (unpaired) electrons. The Kier molecular flexibility index (Phi) is 6.49. The number of rotatable bonds is 8. The number of methoxy groups -OCH3 is 1. The molecule has 0 aromatic heterocycles. The molecule has 5 heteroatoms. The van der Waals surface area contributed by atoms with E-state index in [-0.39, 0.29) is 5.91 Å². The molecule has 2 aromatic rings. The predicted octanol–water partition coefficient (Wildman–Crippen LogP) is 3.67. The number of ether oxygens (including phenoxy) is 3. The van der Waals surface area contributed by atoms with Crippen LogP contribution in [0.1, 0.15) is 19.4 Å². The van der Waals surface area contributed by atoms with Crippen LogP contribution in [0.3, 0.4) is 0 Å². The lowest BCUT2D eigenvalue weighted by Gasteiger charge is -2.13. The van der Waals surface area contributed by atoms with Crippen molar-refractivity contribution in [3.05, 3.63) is 48.0 Å². The van der Waals surface area contributed by atoms with Crippen molar-refractivity contribution in [2.45, 2.75) is 20.3 Å². The highest BCUT2D eigenvalue weighted by atomic mass is 16.5. The third-order valence-electron chi connectivity index (χ3n) is 3.35. The smallest absolute Gasteiger partial charge is 0.228 e. The Bertz CT molecular complexity index is 668. The van der Waals surface area contributed by atoms with Gasteiger partial charge in [-0.1, -0.05) is 12.1 Å². The summed E-state index contributed by atoms with van der Waals surface area (Å²) in [5, 5.41) is 2.88. The van der Waals surface area contributed by atoms with Gasteiger partial charge in [-0.05, 0) is 43.7 Å². The van der Waals surface area contributed by atoms with E-state index in [0.29, 0.717) is 36.8 Å². The third kappa shape index (κ3) is 4.91. The number of hydrogen-bond donors (Lipinski definition) is 1. The zero-order valence-electron chi connectivity index (χ0n) is 14.3. The molecule has 0 aliphatic heterocycles. The van der Waals surface area contributed by atoms with Crippen LogP contribution in [0.4, 0.5) is 5.69 Å². The number of carbonyl (C=O) groups is 1. The van der Waals surface area contributed by atoms with Gasteiger partial charge in [-0.25, -0.2) is 0 Å². The minimum absolute atomic E-state index is 0.0909. The van der Waals surface area contributed by atoms with Gasteiger partial charge in [0, 0.05) is 11.8 Å². The van der Waals surface area contributed by atoms with Crippen LogP contribution in [-0.2, 0) is 11.2 Å². The minimum Gasteiger partial charge on any atom is -0.497 e. The molecule has 2 aromatic carbocycles. The van der Waals surface area contributed by atoms with Crippen LogP contribution in [0.2, 0.25) is 0 Å². The molecule has 1 amide bonds. The first-order valence-corrected chi connectivity index (χ1v) is 7.98. The van der Waals surface area contributed by atoms with E-state index in [9.17, 15) is 4.79 Å². The monoisotopic (exact) mass is 329 g/mol. The molecule has 0 saturated heterocycles. The van der Waals surface area contributed by atoms with Crippen molar-refractivity contribution in [3.63, 3.8) is 0 Å². The van der Waals surface area contributed by atoms with Gasteiger partial charge in [0.1, 0.15) is 5.75 Å². The highest BCUT2D eigenvalue weighted by Crippen LogP contribution is 2.30. The molecule has 24 heavy (non-hydrogen) atoms. The highest BCUT2D eigenvalue weighted by molar-refractivity contribution is 5.92. The van der Waals surface area contributed by atoms with Gasteiger partial charge in [0.05, 0.1) is 26.7 Å². The molecule has 2 rings (SSSR count). The van der Waals surface area contributed by atoms with Crippen molar-refractivity contribution >= 4 is 11.6 Å². The number of nitrogens with one attached hydrogen (secondary N) is 1. The van der Waals surface area contributed by atoms with Crippen LogP contribution in [0.15, 0.2) is 42.5 Å². The first-order chi connectivity index (χ1) is 11.7. The van der Waals surface area contributed by atoms with Crippen LogP contribution >= 0.6 is 0 Å². The summed E-state index contributed by atoms with van der Waals surface area (Å²) in [5.74, 6) is 1.98. The summed E-state index contributed by atoms with van der Waals surface area (Å²) in [5.41, 5.74) is 1.60. The number of hydrogen-bond acceptors (Lipinski definition) is 4. The molecule has 5 nitrogen and oxygen atoms in total. The van der Waals surface area contributed by atoms with Crippen LogP contribution in [0.25, 0.3) is 0 Å². The molecule has 0 saturated carbocycles. The predicted molar refractivity (Wildman–Crippen MR) is 94.1 cm³/mol. The summed E-state index contributed by atoms with van der Waals surface area (Å²) in [6.07, 6.45) is 0.293. The number of anilines is 1. The van der Waals surface area contributed by atoms with Gasteiger partial charge in [0.15, 0.2) is 11.5 Å². The minimum atomic E-state index is -0.0909. The van der Waals surface area contributed by atoms with Crippen molar-refractivity contribution in [3.8, 4) is 17.2 Å². The zero-order chi connectivity index (χ0) is 17.4. The van der Waals surface area contributed by atoms with Gasteiger partial charge in [-0.3, -0.25) is 4.79 Å². The Morgan fingerprint density at radius 2 is 1.62 bits per heavy atom. The Balaban J connectivity index is 2.03. The van der Waals surface area contributed by atoms with Gasteiger partial charge in [0.25, 0.3) is 0 Å². The third-order valence-corrected chi connectivity index (χ3v) is 3.35. The second-order valence-corrected chi connectivity index (χ2v) is 5.10. The summed E-state index contributed by atoms with van der Waals surface area (Å²) in [6, 6.07) is 12.8. The second-order valence-electron chi connectivity index (χ2n) is 5.10. The summed E-state index contributed by atoms with van der Waals surface area (Å²) in [7, 11) is 1.61. The zero-order valence-corrected chi connectivity index (χ0v) is 14.3. The van der Waals surface area contributed by atoms with E-state index < -0.39 is 0 Å². The van der Waals surface area contributed by atoms with E-state index in [1.165, 1.54) is 0 Å². The van der Waals surface area contributed by atoms with E-state index in [1.54, 1.807) is 25.3 Å². The SMILES string of the molecule is CCOc1ccc(NC(=O)Cc2ccc(OC)cc2)cc1OCC. The fourth-order valence-corrected chi connectivity index (χ4v) is 2.26. The summed E-state index contributed by atoms with van der Waals surface area (Å²) >= 11 is 0. The van der Waals surface area contributed by atoms with Gasteiger partial charge >= 0.3 is 0 Å².